The highest BCUT2D eigenvalue weighted by Gasteiger charge is 2.51. The van der Waals surface area contributed by atoms with Gasteiger partial charge in [0.25, 0.3) is 0 Å². The number of hydrogen-bond donors (Lipinski definition) is 7. The second-order valence-electron chi connectivity index (χ2n) is 9.08. The summed E-state index contributed by atoms with van der Waals surface area (Å²) in [6.07, 6.45) is -3.26. The summed E-state index contributed by atoms with van der Waals surface area (Å²) in [6, 6.07) is -1.31. The summed E-state index contributed by atoms with van der Waals surface area (Å²) in [5, 5.41) is 51.9. The molecule has 0 aliphatic carbocycles. The first-order valence-corrected chi connectivity index (χ1v) is 11.5. The molecule has 1 saturated heterocycles. The first-order chi connectivity index (χ1) is 15.3. The molecule has 0 spiro atoms. The molecule has 1 heterocycles. The number of carbonyl (C=O) groups is 3. The number of aliphatic hydroxyl groups excluding tert-OH is 4. The number of nitrogens with two attached hydrogens (primary N) is 1. The Labute approximate surface area is 194 Å². The largest absolute Gasteiger partial charge is 0.394 e. The van der Waals surface area contributed by atoms with Crippen LogP contribution in [0.5, 0.6) is 0 Å². The van der Waals surface area contributed by atoms with Gasteiger partial charge in [-0.2, -0.15) is 0 Å². The molecule has 0 aromatic rings. The monoisotopic (exact) mass is 476 g/mol. The fraction of sp³-hybridized carbons (Fsp3) is 0.864. The Morgan fingerprint density at radius 1 is 1.06 bits per heavy atom. The molecule has 33 heavy (non-hydrogen) atoms. The van der Waals surface area contributed by atoms with Gasteiger partial charge in [-0.3, -0.25) is 14.4 Å². The molecular weight excluding hydrogens is 436 g/mol. The Hall–Kier alpha value is -1.47. The van der Waals surface area contributed by atoms with Crippen LogP contribution in [0.3, 0.4) is 0 Å². The van der Waals surface area contributed by atoms with E-state index in [-0.39, 0.29) is 30.3 Å². The first-order valence-electron chi connectivity index (χ1n) is 11.5. The lowest BCUT2D eigenvalue weighted by Gasteiger charge is -2.45. The molecule has 0 bridgehead atoms. The summed E-state index contributed by atoms with van der Waals surface area (Å²) in [5.41, 5.74) is 5.94. The first kappa shape index (κ1) is 29.6. The maximum atomic E-state index is 12.3. The maximum absolute atomic E-state index is 12.3. The Kier molecular flexibility index (Phi) is 12.0. The number of Topliss-reactive ketones (excluding diaryl/α,β-unsaturated/α-hetero) is 2. The highest BCUT2D eigenvalue weighted by atomic mass is 16.7. The standard InChI is InChI=1S/C22H40N2O9/c1-12(21(31)24-13(2)14(3)26)10-16(27)15(23)8-6-4-5-7-9-22(32)20(30)19(29)18(28)17(11-25)33-22/h12-13,15,17-20,25,28-30,32H,4-11,23H2,1-3H3,(H,24,31)/t12-,13+,15+,17-,18+,19+,20-,22?/m1/s1. The van der Waals surface area contributed by atoms with E-state index in [4.69, 9.17) is 10.5 Å². The van der Waals surface area contributed by atoms with E-state index in [9.17, 15) is 39.9 Å². The summed E-state index contributed by atoms with van der Waals surface area (Å²) in [6.45, 7) is 3.95. The fourth-order valence-electron chi connectivity index (χ4n) is 3.69. The predicted octanol–water partition coefficient (Wildman–Crippen LogP) is -1.49. The lowest BCUT2D eigenvalue weighted by Crippen LogP contribution is -2.65. The zero-order chi connectivity index (χ0) is 25.3. The van der Waals surface area contributed by atoms with Crippen LogP contribution >= 0.6 is 0 Å². The smallest absolute Gasteiger partial charge is 0.223 e. The Morgan fingerprint density at radius 3 is 2.24 bits per heavy atom. The van der Waals surface area contributed by atoms with Crippen molar-refractivity contribution in [1.29, 1.82) is 0 Å². The highest BCUT2D eigenvalue weighted by molar-refractivity contribution is 5.91. The highest BCUT2D eigenvalue weighted by Crippen LogP contribution is 2.32. The van der Waals surface area contributed by atoms with Gasteiger partial charge in [-0.05, 0) is 26.7 Å². The van der Waals surface area contributed by atoms with Crippen molar-refractivity contribution in [2.75, 3.05) is 6.61 Å². The zero-order valence-electron chi connectivity index (χ0n) is 19.6. The molecule has 192 valence electrons. The van der Waals surface area contributed by atoms with Gasteiger partial charge in [0.05, 0.1) is 18.7 Å². The Bertz CT molecular complexity index is 660. The lowest BCUT2D eigenvalue weighted by atomic mass is 9.89. The van der Waals surface area contributed by atoms with E-state index in [0.717, 1.165) is 0 Å². The molecule has 1 fully saturated rings. The number of nitrogens with one attached hydrogen (secondary N) is 1. The van der Waals surface area contributed by atoms with E-state index in [1.807, 2.05) is 0 Å². The van der Waals surface area contributed by atoms with Crippen LogP contribution in [-0.2, 0) is 19.1 Å². The van der Waals surface area contributed by atoms with Crippen LogP contribution in [0.25, 0.3) is 0 Å². The number of carbonyl (C=O) groups excluding carboxylic acids is 3. The molecule has 1 aliphatic heterocycles. The molecule has 1 amide bonds. The van der Waals surface area contributed by atoms with Crippen LogP contribution in [0.4, 0.5) is 0 Å². The molecule has 1 rings (SSSR count). The van der Waals surface area contributed by atoms with E-state index in [2.05, 4.69) is 5.32 Å². The minimum atomic E-state index is -2.07. The van der Waals surface area contributed by atoms with Gasteiger partial charge in [0.2, 0.25) is 5.91 Å². The topological polar surface area (TPSA) is 200 Å². The number of rotatable bonds is 14. The average molecular weight is 477 g/mol. The van der Waals surface area contributed by atoms with Gasteiger partial charge >= 0.3 is 0 Å². The summed E-state index contributed by atoms with van der Waals surface area (Å²) in [7, 11) is 0. The van der Waals surface area contributed by atoms with Crippen molar-refractivity contribution >= 4 is 17.5 Å². The normalized spacial score (nSPS) is 30.3. The number of ether oxygens (including phenoxy) is 1. The third-order valence-electron chi connectivity index (χ3n) is 6.19. The Balaban J connectivity index is 2.32. The van der Waals surface area contributed by atoms with Crippen LogP contribution in [0.2, 0.25) is 0 Å². The number of unbranched alkanes of at least 4 members (excludes halogenated alkanes) is 3. The number of amides is 1. The fourth-order valence-corrected chi connectivity index (χ4v) is 3.69. The molecule has 1 unspecified atom stereocenters. The minimum absolute atomic E-state index is 0.00918. The van der Waals surface area contributed by atoms with E-state index < -0.39 is 54.8 Å². The molecule has 0 radical (unpaired) electrons. The molecule has 1 aliphatic rings. The van der Waals surface area contributed by atoms with Crippen molar-refractivity contribution < 1.29 is 44.7 Å². The van der Waals surface area contributed by atoms with Gasteiger partial charge in [0.15, 0.2) is 11.6 Å². The summed E-state index contributed by atoms with van der Waals surface area (Å²) in [4.78, 5) is 35.6. The van der Waals surface area contributed by atoms with Crippen molar-refractivity contribution in [2.45, 2.75) is 108 Å². The number of hydrogen-bond acceptors (Lipinski definition) is 10. The van der Waals surface area contributed by atoms with E-state index in [1.54, 1.807) is 13.8 Å². The number of ketones is 2. The summed E-state index contributed by atoms with van der Waals surface area (Å²) >= 11 is 0. The van der Waals surface area contributed by atoms with Crippen molar-refractivity contribution in [1.82, 2.24) is 5.32 Å². The quantitative estimate of drug-likeness (QED) is 0.145. The molecular formula is C22H40N2O9. The number of aliphatic hydroxyl groups is 5. The van der Waals surface area contributed by atoms with E-state index in [0.29, 0.717) is 32.1 Å². The minimum Gasteiger partial charge on any atom is -0.394 e. The lowest BCUT2D eigenvalue weighted by molar-refractivity contribution is -0.351. The maximum Gasteiger partial charge on any atom is 0.223 e. The van der Waals surface area contributed by atoms with Gasteiger partial charge in [-0.25, -0.2) is 0 Å². The van der Waals surface area contributed by atoms with Gasteiger partial charge in [-0.15, -0.1) is 0 Å². The predicted molar refractivity (Wildman–Crippen MR) is 118 cm³/mol. The molecule has 0 aromatic carbocycles. The van der Waals surface area contributed by atoms with Crippen molar-refractivity contribution in [3.05, 3.63) is 0 Å². The van der Waals surface area contributed by atoms with E-state index in [1.165, 1.54) is 6.92 Å². The SMILES string of the molecule is CC(=O)[C@H](C)NC(=O)[C@H](C)CC(=O)[C@@H](N)CCCCCCC1(O)O[C@H](CO)[C@H](O)[C@H](O)[C@H]1O. The molecule has 8 N–H and O–H groups in total. The van der Waals surface area contributed by atoms with Crippen LogP contribution in [0, 0.1) is 5.92 Å². The van der Waals surface area contributed by atoms with Crippen LogP contribution in [0.1, 0.15) is 65.7 Å². The molecule has 0 aromatic heterocycles. The Morgan fingerprint density at radius 2 is 1.67 bits per heavy atom. The summed E-state index contributed by atoms with van der Waals surface area (Å²) < 4.78 is 5.22. The molecule has 8 atom stereocenters. The third kappa shape index (κ3) is 8.67. The second-order valence-corrected chi connectivity index (χ2v) is 9.08. The van der Waals surface area contributed by atoms with Crippen molar-refractivity contribution in [3.8, 4) is 0 Å². The van der Waals surface area contributed by atoms with Crippen LogP contribution in [-0.4, -0.2) is 91.9 Å². The second kappa shape index (κ2) is 13.4. The molecule has 0 saturated carbocycles. The van der Waals surface area contributed by atoms with Crippen LogP contribution in [0.15, 0.2) is 0 Å². The van der Waals surface area contributed by atoms with Gasteiger partial charge < -0.3 is 41.3 Å². The van der Waals surface area contributed by atoms with Gasteiger partial charge in [-0.1, -0.05) is 26.2 Å². The van der Waals surface area contributed by atoms with Gasteiger partial charge in [0.1, 0.15) is 30.2 Å². The third-order valence-corrected chi connectivity index (χ3v) is 6.19. The average Bonchev–Trinajstić information content (AvgIpc) is 2.76. The van der Waals surface area contributed by atoms with Crippen molar-refractivity contribution in [2.24, 2.45) is 11.7 Å². The zero-order valence-corrected chi connectivity index (χ0v) is 19.6. The molecule has 11 heteroatoms. The van der Waals surface area contributed by atoms with Crippen LogP contribution < -0.4 is 11.1 Å². The van der Waals surface area contributed by atoms with Gasteiger partial charge in [0, 0.05) is 18.8 Å². The van der Waals surface area contributed by atoms with E-state index >= 15 is 0 Å². The summed E-state index contributed by atoms with van der Waals surface area (Å²) in [5.74, 6) is -3.44. The van der Waals surface area contributed by atoms with Crippen molar-refractivity contribution in [3.63, 3.8) is 0 Å². The molecule has 11 nitrogen and oxygen atoms in total.